The van der Waals surface area contributed by atoms with Crippen LogP contribution in [0.2, 0.25) is 0 Å². The number of nitrogens with zero attached hydrogens (tertiary/aromatic N) is 5. The first kappa shape index (κ1) is 16.8. The zero-order chi connectivity index (χ0) is 17.9. The van der Waals surface area contributed by atoms with Crippen LogP contribution in [0.15, 0.2) is 59.5 Å². The van der Waals surface area contributed by atoms with Gasteiger partial charge in [0, 0.05) is 22.3 Å². The first-order valence-corrected chi connectivity index (χ1v) is 9.48. The number of benzene rings is 2. The molecule has 0 radical (unpaired) electrons. The number of anilines is 1. The largest absolute Gasteiger partial charge is 0.310 e. The minimum atomic E-state index is -0.0239. The van der Waals surface area contributed by atoms with Crippen molar-refractivity contribution in [2.24, 2.45) is 0 Å². The zero-order valence-electron chi connectivity index (χ0n) is 14.4. The van der Waals surface area contributed by atoms with Crippen molar-refractivity contribution < 1.29 is 4.79 Å². The third-order valence-corrected chi connectivity index (χ3v) is 5.54. The number of para-hydroxylation sites is 1. The van der Waals surface area contributed by atoms with Gasteiger partial charge in [0.15, 0.2) is 0 Å². The van der Waals surface area contributed by atoms with E-state index in [1.165, 1.54) is 4.80 Å². The third kappa shape index (κ3) is 3.48. The van der Waals surface area contributed by atoms with E-state index >= 15 is 0 Å². The Hall–Kier alpha value is -2.67. The smallest absolute Gasteiger partial charge is 0.250 e. The number of tetrazole rings is 1. The van der Waals surface area contributed by atoms with Crippen LogP contribution in [0.1, 0.15) is 13.3 Å². The van der Waals surface area contributed by atoms with Crippen LogP contribution in [-0.2, 0) is 11.3 Å². The molecule has 6 nitrogen and oxygen atoms in total. The molecule has 1 aliphatic heterocycles. The van der Waals surface area contributed by atoms with Gasteiger partial charge < -0.3 is 4.90 Å². The zero-order valence-corrected chi connectivity index (χ0v) is 15.3. The van der Waals surface area contributed by atoms with Gasteiger partial charge in [0.2, 0.25) is 5.82 Å². The van der Waals surface area contributed by atoms with E-state index in [-0.39, 0.29) is 12.5 Å². The molecule has 3 aromatic rings. The van der Waals surface area contributed by atoms with E-state index in [0.29, 0.717) is 17.6 Å². The van der Waals surface area contributed by atoms with E-state index in [1.54, 1.807) is 0 Å². The molecule has 1 amide bonds. The van der Waals surface area contributed by atoms with E-state index < -0.39 is 0 Å². The second-order valence-electron chi connectivity index (χ2n) is 6.24. The summed E-state index contributed by atoms with van der Waals surface area (Å²) in [5, 5.41) is 12.9. The molecule has 0 saturated carbocycles. The Morgan fingerprint density at radius 3 is 2.77 bits per heavy atom. The fraction of sp³-hybridized carbons (Fsp3) is 0.263. The Bertz CT molecular complexity index is 911. The molecule has 2 aromatic carbocycles. The summed E-state index contributed by atoms with van der Waals surface area (Å²) in [5.74, 6) is 0.503. The second kappa shape index (κ2) is 7.29. The van der Waals surface area contributed by atoms with Crippen molar-refractivity contribution in [2.45, 2.75) is 30.0 Å². The number of aromatic nitrogens is 4. The molecule has 0 bridgehead atoms. The summed E-state index contributed by atoms with van der Waals surface area (Å²) in [4.78, 5) is 17.3. The lowest BCUT2D eigenvalue weighted by Gasteiger charge is -2.22. The van der Waals surface area contributed by atoms with Gasteiger partial charge in [0.05, 0.1) is 5.69 Å². The highest BCUT2D eigenvalue weighted by molar-refractivity contribution is 8.00. The number of carbonyl (C=O) groups excluding carboxylic acids is 1. The van der Waals surface area contributed by atoms with Gasteiger partial charge in [-0.25, -0.2) is 0 Å². The average molecular weight is 365 g/mol. The van der Waals surface area contributed by atoms with Gasteiger partial charge in [0.25, 0.3) is 5.91 Å². The van der Waals surface area contributed by atoms with Gasteiger partial charge >= 0.3 is 0 Å². The molecule has 1 aliphatic rings. The molecule has 26 heavy (non-hydrogen) atoms. The Morgan fingerprint density at radius 1 is 1.15 bits per heavy atom. The number of fused-ring (bicyclic) bond motifs is 1. The lowest BCUT2D eigenvalue weighted by Crippen LogP contribution is -2.35. The highest BCUT2D eigenvalue weighted by Crippen LogP contribution is 2.37. The van der Waals surface area contributed by atoms with Gasteiger partial charge in [-0.15, -0.1) is 22.0 Å². The fourth-order valence-corrected chi connectivity index (χ4v) is 4.08. The van der Waals surface area contributed by atoms with Gasteiger partial charge in [-0.2, -0.15) is 4.80 Å². The first-order chi connectivity index (χ1) is 12.7. The molecule has 7 heteroatoms. The molecule has 2 heterocycles. The van der Waals surface area contributed by atoms with E-state index in [9.17, 15) is 4.79 Å². The standard InChI is InChI=1S/C19H19N5OS/c1-14-11-12-23(16-9-5-6-10-17(16)26-14)18(25)13-24-21-19(20-22-24)15-7-3-2-4-8-15/h2-10,14H,11-13H2,1H3/t14-/m0/s1. The Morgan fingerprint density at radius 2 is 1.92 bits per heavy atom. The van der Waals surface area contributed by atoms with Crippen molar-refractivity contribution in [2.75, 3.05) is 11.4 Å². The fourth-order valence-electron chi connectivity index (χ4n) is 2.97. The maximum Gasteiger partial charge on any atom is 0.250 e. The predicted octanol–water partition coefficient (Wildman–Crippen LogP) is 3.26. The maximum absolute atomic E-state index is 12.9. The SMILES string of the molecule is C[C@H]1CCN(C(=O)Cn2nnc(-c3ccccc3)n2)c2ccccc2S1. The summed E-state index contributed by atoms with van der Waals surface area (Å²) in [6, 6.07) is 17.7. The number of rotatable bonds is 3. The Balaban J connectivity index is 1.54. The summed E-state index contributed by atoms with van der Waals surface area (Å²) in [7, 11) is 0. The summed E-state index contributed by atoms with van der Waals surface area (Å²) in [5.41, 5.74) is 1.85. The molecular weight excluding hydrogens is 346 g/mol. The predicted molar refractivity (Wildman–Crippen MR) is 102 cm³/mol. The van der Waals surface area contributed by atoms with Gasteiger partial charge in [0.1, 0.15) is 6.54 Å². The molecule has 1 atom stereocenters. The summed E-state index contributed by atoms with van der Waals surface area (Å²) < 4.78 is 0. The van der Waals surface area contributed by atoms with Crippen molar-refractivity contribution in [1.29, 1.82) is 0 Å². The van der Waals surface area contributed by atoms with Crippen molar-refractivity contribution >= 4 is 23.4 Å². The second-order valence-corrected chi connectivity index (χ2v) is 7.72. The number of hydrogen-bond acceptors (Lipinski definition) is 5. The van der Waals surface area contributed by atoms with Crippen LogP contribution in [0.4, 0.5) is 5.69 Å². The monoisotopic (exact) mass is 365 g/mol. The highest BCUT2D eigenvalue weighted by atomic mass is 32.2. The molecular formula is C19H19N5OS. The molecule has 0 aliphatic carbocycles. The molecule has 132 valence electrons. The Kier molecular flexibility index (Phi) is 4.71. The van der Waals surface area contributed by atoms with E-state index in [1.807, 2.05) is 65.2 Å². The lowest BCUT2D eigenvalue weighted by atomic mass is 10.2. The number of thioether (sulfide) groups is 1. The van der Waals surface area contributed by atoms with E-state index in [2.05, 4.69) is 28.4 Å². The average Bonchev–Trinajstić information content (AvgIpc) is 3.05. The molecule has 0 fully saturated rings. The third-order valence-electron chi connectivity index (χ3n) is 4.31. The molecule has 0 N–H and O–H groups in total. The van der Waals surface area contributed by atoms with E-state index in [4.69, 9.17) is 0 Å². The van der Waals surface area contributed by atoms with Crippen LogP contribution in [0.5, 0.6) is 0 Å². The number of hydrogen-bond donors (Lipinski definition) is 0. The van der Waals surface area contributed by atoms with Crippen LogP contribution in [0, 0.1) is 0 Å². The number of amides is 1. The van der Waals surface area contributed by atoms with Gasteiger partial charge in [-0.05, 0) is 23.8 Å². The molecule has 1 aromatic heterocycles. The van der Waals surface area contributed by atoms with Gasteiger partial charge in [-0.3, -0.25) is 4.79 Å². The molecule has 0 spiro atoms. The van der Waals surface area contributed by atoms with Crippen molar-refractivity contribution in [1.82, 2.24) is 20.2 Å². The summed E-state index contributed by atoms with van der Waals surface area (Å²) in [6.07, 6.45) is 0.950. The maximum atomic E-state index is 12.9. The normalized spacial score (nSPS) is 16.8. The van der Waals surface area contributed by atoms with Crippen molar-refractivity contribution in [3.05, 3.63) is 54.6 Å². The summed E-state index contributed by atoms with van der Waals surface area (Å²) >= 11 is 1.82. The van der Waals surface area contributed by atoms with E-state index in [0.717, 1.165) is 22.6 Å². The summed E-state index contributed by atoms with van der Waals surface area (Å²) in [6.45, 7) is 2.97. The van der Waals surface area contributed by atoms with Crippen LogP contribution < -0.4 is 4.90 Å². The molecule has 0 saturated heterocycles. The van der Waals surface area contributed by atoms with Gasteiger partial charge in [-0.1, -0.05) is 49.4 Å². The van der Waals surface area contributed by atoms with Crippen LogP contribution >= 0.6 is 11.8 Å². The molecule has 4 rings (SSSR count). The van der Waals surface area contributed by atoms with Crippen LogP contribution in [0.3, 0.4) is 0 Å². The van der Waals surface area contributed by atoms with Crippen molar-refractivity contribution in [3.63, 3.8) is 0 Å². The van der Waals surface area contributed by atoms with Crippen LogP contribution in [-0.4, -0.2) is 37.9 Å². The minimum absolute atomic E-state index is 0.0239. The van der Waals surface area contributed by atoms with Crippen LogP contribution in [0.25, 0.3) is 11.4 Å². The Labute approximate surface area is 156 Å². The minimum Gasteiger partial charge on any atom is -0.310 e. The highest BCUT2D eigenvalue weighted by Gasteiger charge is 2.24. The number of carbonyl (C=O) groups is 1. The molecule has 0 unspecified atom stereocenters. The quantitative estimate of drug-likeness (QED) is 0.713. The van der Waals surface area contributed by atoms with Crippen molar-refractivity contribution in [3.8, 4) is 11.4 Å². The first-order valence-electron chi connectivity index (χ1n) is 8.60. The topological polar surface area (TPSA) is 63.9 Å². The lowest BCUT2D eigenvalue weighted by molar-refractivity contribution is -0.119.